The summed E-state index contributed by atoms with van der Waals surface area (Å²) >= 11 is 7.72. The van der Waals surface area contributed by atoms with Crippen molar-refractivity contribution in [3.8, 4) is 16.3 Å². The van der Waals surface area contributed by atoms with Crippen molar-refractivity contribution < 1.29 is 4.79 Å². The molecule has 0 radical (unpaired) electrons. The van der Waals surface area contributed by atoms with Gasteiger partial charge in [-0.15, -0.1) is 11.3 Å². The maximum atomic E-state index is 13.2. The molecule has 5 aromatic rings. The van der Waals surface area contributed by atoms with E-state index in [0.29, 0.717) is 43.7 Å². The van der Waals surface area contributed by atoms with Crippen molar-refractivity contribution >= 4 is 45.4 Å². The highest BCUT2D eigenvalue weighted by Crippen LogP contribution is 2.30. The summed E-state index contributed by atoms with van der Waals surface area (Å²) in [6.07, 6.45) is 0. The Balaban J connectivity index is 1.50. The number of aryl methyl sites for hydroxylation is 2. The molecule has 0 saturated carbocycles. The predicted octanol–water partition coefficient (Wildman–Crippen LogP) is 6.03. The SMILES string of the molecule is Cc1nc(-c2ccccc2)sc1C(=O)Nc1cc(-n2c(C)nc3ccccc3c2=O)ccc1Cl. The maximum Gasteiger partial charge on any atom is 0.267 e. The van der Waals surface area contributed by atoms with E-state index in [4.69, 9.17) is 11.6 Å². The van der Waals surface area contributed by atoms with Crippen LogP contribution in [0.5, 0.6) is 0 Å². The van der Waals surface area contributed by atoms with Crippen LogP contribution in [0.15, 0.2) is 77.6 Å². The number of benzene rings is 3. The first kappa shape index (κ1) is 22.0. The molecule has 0 aliphatic carbocycles. The Morgan fingerprint density at radius 3 is 2.50 bits per heavy atom. The van der Waals surface area contributed by atoms with Crippen LogP contribution >= 0.6 is 22.9 Å². The molecule has 0 spiro atoms. The van der Waals surface area contributed by atoms with Crippen LogP contribution in [0.1, 0.15) is 21.2 Å². The van der Waals surface area contributed by atoms with Crippen LogP contribution in [-0.4, -0.2) is 20.4 Å². The monoisotopic (exact) mass is 486 g/mol. The van der Waals surface area contributed by atoms with E-state index in [-0.39, 0.29) is 11.5 Å². The van der Waals surface area contributed by atoms with Gasteiger partial charge < -0.3 is 5.32 Å². The van der Waals surface area contributed by atoms with Crippen molar-refractivity contribution in [2.24, 2.45) is 0 Å². The third kappa shape index (κ3) is 4.00. The van der Waals surface area contributed by atoms with Gasteiger partial charge in [0, 0.05) is 5.56 Å². The van der Waals surface area contributed by atoms with Crippen LogP contribution in [0.2, 0.25) is 5.02 Å². The summed E-state index contributed by atoms with van der Waals surface area (Å²) in [5.41, 5.74) is 3.00. The predicted molar refractivity (Wildman–Crippen MR) is 137 cm³/mol. The molecule has 8 heteroatoms. The first-order valence-corrected chi connectivity index (χ1v) is 11.7. The van der Waals surface area contributed by atoms with E-state index in [9.17, 15) is 9.59 Å². The van der Waals surface area contributed by atoms with Crippen LogP contribution in [-0.2, 0) is 0 Å². The average molecular weight is 487 g/mol. The Kier molecular flexibility index (Phi) is 5.73. The Bertz CT molecular complexity index is 1610. The number of hydrogen-bond acceptors (Lipinski definition) is 5. The van der Waals surface area contributed by atoms with E-state index in [2.05, 4.69) is 15.3 Å². The van der Waals surface area contributed by atoms with Crippen LogP contribution in [0, 0.1) is 13.8 Å². The lowest BCUT2D eigenvalue weighted by atomic mass is 10.2. The van der Waals surface area contributed by atoms with Gasteiger partial charge in [-0.25, -0.2) is 9.97 Å². The number of amides is 1. The van der Waals surface area contributed by atoms with Gasteiger partial charge in [0.05, 0.1) is 33.0 Å². The summed E-state index contributed by atoms with van der Waals surface area (Å²) in [5, 5.41) is 4.53. The molecule has 6 nitrogen and oxygen atoms in total. The summed E-state index contributed by atoms with van der Waals surface area (Å²) in [7, 11) is 0. The highest BCUT2D eigenvalue weighted by atomic mass is 35.5. The number of nitrogens with zero attached hydrogens (tertiary/aromatic N) is 3. The minimum Gasteiger partial charge on any atom is -0.320 e. The number of halogens is 1. The second-order valence-electron chi connectivity index (χ2n) is 7.73. The molecule has 168 valence electrons. The van der Waals surface area contributed by atoms with E-state index < -0.39 is 0 Å². The molecule has 0 unspecified atom stereocenters. The molecule has 0 saturated heterocycles. The number of fused-ring (bicyclic) bond motifs is 1. The van der Waals surface area contributed by atoms with Gasteiger partial charge in [0.1, 0.15) is 15.7 Å². The number of anilines is 1. The van der Waals surface area contributed by atoms with Gasteiger partial charge in [0.15, 0.2) is 0 Å². The molecule has 1 amide bonds. The Morgan fingerprint density at radius 2 is 1.71 bits per heavy atom. The first-order valence-electron chi connectivity index (χ1n) is 10.5. The number of thiazole rings is 1. The van der Waals surface area contributed by atoms with E-state index in [1.807, 2.05) is 42.5 Å². The molecule has 0 fully saturated rings. The Morgan fingerprint density at radius 1 is 0.971 bits per heavy atom. The molecule has 2 aromatic heterocycles. The molecule has 0 atom stereocenters. The lowest BCUT2D eigenvalue weighted by molar-refractivity contribution is 0.103. The molecule has 2 heterocycles. The fourth-order valence-electron chi connectivity index (χ4n) is 3.79. The van der Waals surface area contributed by atoms with Gasteiger partial charge in [-0.1, -0.05) is 54.1 Å². The third-order valence-electron chi connectivity index (χ3n) is 5.42. The van der Waals surface area contributed by atoms with Crippen LogP contribution in [0.4, 0.5) is 5.69 Å². The first-order chi connectivity index (χ1) is 16.4. The van der Waals surface area contributed by atoms with Crippen molar-refractivity contribution in [1.82, 2.24) is 14.5 Å². The van der Waals surface area contributed by atoms with E-state index >= 15 is 0 Å². The van der Waals surface area contributed by atoms with E-state index in [0.717, 1.165) is 10.6 Å². The molecule has 1 N–H and O–H groups in total. The van der Waals surface area contributed by atoms with Crippen LogP contribution < -0.4 is 10.9 Å². The zero-order valence-corrected chi connectivity index (χ0v) is 19.9. The highest BCUT2D eigenvalue weighted by Gasteiger charge is 2.18. The fraction of sp³-hybridized carbons (Fsp3) is 0.0769. The highest BCUT2D eigenvalue weighted by molar-refractivity contribution is 7.17. The molecule has 3 aromatic carbocycles. The van der Waals surface area contributed by atoms with Crippen LogP contribution in [0.25, 0.3) is 27.2 Å². The van der Waals surface area contributed by atoms with E-state index in [1.165, 1.54) is 15.9 Å². The summed E-state index contributed by atoms with van der Waals surface area (Å²) < 4.78 is 1.51. The number of aromatic nitrogens is 3. The van der Waals surface area contributed by atoms with Crippen LogP contribution in [0.3, 0.4) is 0 Å². The summed E-state index contributed by atoms with van der Waals surface area (Å²) in [6.45, 7) is 3.58. The summed E-state index contributed by atoms with van der Waals surface area (Å²) in [4.78, 5) is 35.9. The van der Waals surface area contributed by atoms with Gasteiger partial charge in [0.25, 0.3) is 11.5 Å². The largest absolute Gasteiger partial charge is 0.320 e. The molecule has 0 aliphatic rings. The zero-order valence-electron chi connectivity index (χ0n) is 18.4. The van der Waals surface area contributed by atoms with Crippen molar-refractivity contribution in [3.63, 3.8) is 0 Å². The van der Waals surface area contributed by atoms with Crippen molar-refractivity contribution in [1.29, 1.82) is 0 Å². The topological polar surface area (TPSA) is 76.9 Å². The standard InChI is InChI=1S/C26H19ClN4O2S/c1-15-23(34-25(28-15)17-8-4-3-5-9-17)24(32)30-22-14-18(12-13-20(22)27)31-16(2)29-21-11-7-6-10-19(21)26(31)33/h3-14H,1-2H3,(H,30,32). The lowest BCUT2D eigenvalue weighted by Gasteiger charge is -2.13. The molecular formula is C26H19ClN4O2S. The minimum absolute atomic E-state index is 0.187. The molecule has 0 bridgehead atoms. The van der Waals surface area contributed by atoms with Gasteiger partial charge >= 0.3 is 0 Å². The van der Waals surface area contributed by atoms with Gasteiger partial charge in [-0.2, -0.15) is 0 Å². The molecular weight excluding hydrogens is 468 g/mol. The lowest BCUT2D eigenvalue weighted by Crippen LogP contribution is -2.22. The number of hydrogen-bond donors (Lipinski definition) is 1. The normalized spacial score (nSPS) is 11.0. The number of para-hydroxylation sites is 1. The third-order valence-corrected chi connectivity index (χ3v) is 6.96. The summed E-state index contributed by atoms with van der Waals surface area (Å²) in [5.74, 6) is 0.228. The Hall–Kier alpha value is -3.81. The average Bonchev–Trinajstić information content (AvgIpc) is 3.23. The zero-order chi connectivity index (χ0) is 23.8. The van der Waals surface area contributed by atoms with Crippen molar-refractivity contribution in [2.45, 2.75) is 13.8 Å². The van der Waals surface area contributed by atoms with E-state index in [1.54, 1.807) is 44.2 Å². The van der Waals surface area contributed by atoms with Gasteiger partial charge in [0.2, 0.25) is 0 Å². The van der Waals surface area contributed by atoms with Gasteiger partial charge in [-0.3, -0.25) is 14.2 Å². The fourth-order valence-corrected chi connectivity index (χ4v) is 4.92. The van der Waals surface area contributed by atoms with Crippen molar-refractivity contribution in [2.75, 3.05) is 5.32 Å². The number of rotatable bonds is 4. The molecule has 5 rings (SSSR count). The smallest absolute Gasteiger partial charge is 0.267 e. The number of carbonyl (C=O) groups excluding carboxylic acids is 1. The molecule has 34 heavy (non-hydrogen) atoms. The minimum atomic E-state index is -0.308. The van der Waals surface area contributed by atoms with Crippen molar-refractivity contribution in [3.05, 3.63) is 105 Å². The number of carbonyl (C=O) groups is 1. The Labute approximate surface area is 204 Å². The number of nitrogens with one attached hydrogen (secondary N) is 1. The molecule has 0 aliphatic heterocycles. The van der Waals surface area contributed by atoms with Gasteiger partial charge in [-0.05, 0) is 44.2 Å². The quantitative estimate of drug-likeness (QED) is 0.336. The summed E-state index contributed by atoms with van der Waals surface area (Å²) in [6, 6.07) is 22.0. The second-order valence-corrected chi connectivity index (χ2v) is 9.14. The maximum absolute atomic E-state index is 13.2. The second kappa shape index (κ2) is 8.85.